The molecule has 5 rings (SSSR count). The molecule has 1 aromatic heterocycles. The Bertz CT molecular complexity index is 964. The van der Waals surface area contributed by atoms with Gasteiger partial charge in [0, 0.05) is 32.3 Å². The van der Waals surface area contributed by atoms with E-state index in [9.17, 15) is 14.7 Å². The minimum Gasteiger partial charge on any atom is -0.481 e. The van der Waals surface area contributed by atoms with E-state index in [0.717, 1.165) is 32.4 Å². The topological polar surface area (TPSA) is 95.5 Å². The van der Waals surface area contributed by atoms with Crippen molar-refractivity contribution in [2.75, 3.05) is 20.2 Å². The molecule has 1 aromatic carbocycles. The molecule has 0 radical (unpaired) electrons. The Kier molecular flexibility index (Phi) is 5.53. The van der Waals surface area contributed by atoms with Gasteiger partial charge in [0.1, 0.15) is 5.69 Å². The third-order valence-electron chi connectivity index (χ3n) is 8.17. The van der Waals surface area contributed by atoms with E-state index in [1.165, 1.54) is 17.5 Å². The minimum absolute atomic E-state index is 0.0405. The zero-order valence-electron chi connectivity index (χ0n) is 18.5. The highest BCUT2D eigenvalue weighted by molar-refractivity contribution is 5.92. The summed E-state index contributed by atoms with van der Waals surface area (Å²) in [6.45, 7) is 1.58. The maximum Gasteiger partial charge on any atom is 0.306 e. The number of aromatic amines is 1. The lowest BCUT2D eigenvalue weighted by Crippen LogP contribution is -2.39. The summed E-state index contributed by atoms with van der Waals surface area (Å²) in [5, 5.41) is 16.1. The number of carbonyl (C=O) groups is 2. The number of nitrogens with one attached hydrogen (secondary N) is 1. The molecular formula is C25H31N3O4. The lowest BCUT2D eigenvalue weighted by Gasteiger charge is -2.34. The van der Waals surface area contributed by atoms with E-state index in [4.69, 9.17) is 4.74 Å². The lowest BCUT2D eigenvalue weighted by atomic mass is 9.75. The Morgan fingerprint density at radius 2 is 1.84 bits per heavy atom. The van der Waals surface area contributed by atoms with Crippen molar-refractivity contribution in [3.05, 3.63) is 53.3 Å². The van der Waals surface area contributed by atoms with Crippen LogP contribution in [0.15, 0.2) is 36.5 Å². The van der Waals surface area contributed by atoms with Gasteiger partial charge in [0.2, 0.25) is 0 Å². The van der Waals surface area contributed by atoms with E-state index in [1.807, 2.05) is 4.90 Å². The Hall–Kier alpha value is -2.67. The number of carboxylic acids is 1. The zero-order valence-corrected chi connectivity index (χ0v) is 18.5. The van der Waals surface area contributed by atoms with Gasteiger partial charge >= 0.3 is 5.97 Å². The number of benzene rings is 1. The number of aliphatic carboxylic acids is 1. The first-order valence-corrected chi connectivity index (χ1v) is 11.6. The number of carboxylic acid groups (broad SMARTS) is 1. The van der Waals surface area contributed by atoms with E-state index in [0.29, 0.717) is 29.9 Å². The molecule has 2 N–H and O–H groups in total. The Labute approximate surface area is 188 Å². The van der Waals surface area contributed by atoms with Gasteiger partial charge in [0.05, 0.1) is 12.0 Å². The third kappa shape index (κ3) is 3.83. The molecule has 3 unspecified atom stereocenters. The normalized spacial score (nSPS) is 29.1. The number of carbonyl (C=O) groups excluding carboxylic acids is 1. The molecule has 4 atom stereocenters. The average molecular weight is 438 g/mol. The lowest BCUT2D eigenvalue weighted by molar-refractivity contribution is -0.144. The fourth-order valence-electron chi connectivity index (χ4n) is 6.05. The first-order chi connectivity index (χ1) is 15.5. The van der Waals surface area contributed by atoms with Crippen molar-refractivity contribution in [2.45, 2.75) is 56.5 Å². The number of amides is 1. The summed E-state index contributed by atoms with van der Waals surface area (Å²) in [6.07, 6.45) is 7.07. The van der Waals surface area contributed by atoms with Gasteiger partial charge in [-0.3, -0.25) is 14.7 Å². The van der Waals surface area contributed by atoms with E-state index in [1.54, 1.807) is 19.4 Å². The molecule has 2 heterocycles. The SMILES string of the molecule is COC1CCC(C(=O)O)C[C@@H]1c1ccc(C2CC23CCN(C(=O)c2ccn[nH]2)CC3)cc1. The molecule has 7 nitrogen and oxygen atoms in total. The van der Waals surface area contributed by atoms with E-state index < -0.39 is 5.97 Å². The van der Waals surface area contributed by atoms with Crippen molar-refractivity contribution in [1.82, 2.24) is 15.1 Å². The van der Waals surface area contributed by atoms with Crippen LogP contribution >= 0.6 is 0 Å². The van der Waals surface area contributed by atoms with Gasteiger partial charge in [-0.1, -0.05) is 24.3 Å². The maximum atomic E-state index is 12.6. The second-order valence-corrected chi connectivity index (χ2v) is 9.78. The predicted molar refractivity (Wildman–Crippen MR) is 118 cm³/mol. The first-order valence-electron chi connectivity index (χ1n) is 11.6. The highest BCUT2D eigenvalue weighted by Crippen LogP contribution is 2.65. The van der Waals surface area contributed by atoms with E-state index in [2.05, 4.69) is 34.5 Å². The molecule has 170 valence electrons. The summed E-state index contributed by atoms with van der Waals surface area (Å²) in [7, 11) is 1.73. The number of piperidine rings is 1. The second-order valence-electron chi connectivity index (χ2n) is 9.78. The summed E-state index contributed by atoms with van der Waals surface area (Å²) in [6, 6.07) is 10.5. The van der Waals surface area contributed by atoms with Gasteiger partial charge in [0.25, 0.3) is 5.91 Å². The van der Waals surface area contributed by atoms with Crippen LogP contribution in [0, 0.1) is 11.3 Å². The smallest absolute Gasteiger partial charge is 0.306 e. The van der Waals surface area contributed by atoms with E-state index >= 15 is 0 Å². The van der Waals surface area contributed by atoms with Crippen LogP contribution in [0.3, 0.4) is 0 Å². The molecule has 1 saturated heterocycles. The fourth-order valence-corrected chi connectivity index (χ4v) is 6.05. The quantitative estimate of drug-likeness (QED) is 0.742. The number of methoxy groups -OCH3 is 1. The van der Waals surface area contributed by atoms with Crippen LogP contribution in [0.1, 0.15) is 72.0 Å². The second kappa shape index (κ2) is 8.35. The number of hydrogen-bond acceptors (Lipinski definition) is 4. The third-order valence-corrected chi connectivity index (χ3v) is 8.17. The standard InChI is InChI=1S/C25H31N3O4/c1-32-22-7-6-18(24(30)31)14-19(22)16-2-4-17(5-3-16)20-15-25(20)9-12-28(13-10-25)23(29)21-8-11-26-27-21/h2-5,8,11,18-20,22H,6-7,9-10,12-15H2,1H3,(H,26,27)(H,30,31)/t18?,19-,20?,22?/m1/s1. The van der Waals surface area contributed by atoms with Crippen LogP contribution in [0.5, 0.6) is 0 Å². The van der Waals surface area contributed by atoms with Crippen molar-refractivity contribution < 1.29 is 19.4 Å². The molecule has 2 saturated carbocycles. The van der Waals surface area contributed by atoms with Crippen molar-refractivity contribution in [3.63, 3.8) is 0 Å². The Morgan fingerprint density at radius 1 is 1.12 bits per heavy atom. The molecule has 3 aliphatic rings. The van der Waals surface area contributed by atoms with Gasteiger partial charge < -0.3 is 14.7 Å². The molecule has 1 amide bonds. The van der Waals surface area contributed by atoms with Gasteiger partial charge in [0.15, 0.2) is 0 Å². The summed E-state index contributed by atoms with van der Waals surface area (Å²) in [5.41, 5.74) is 3.43. The van der Waals surface area contributed by atoms with Gasteiger partial charge in [-0.15, -0.1) is 0 Å². The maximum absolute atomic E-state index is 12.6. The molecule has 0 bridgehead atoms. The number of hydrogen-bond donors (Lipinski definition) is 2. The number of nitrogens with zero attached hydrogens (tertiary/aromatic N) is 2. The Morgan fingerprint density at radius 3 is 2.47 bits per heavy atom. The van der Waals surface area contributed by atoms with Gasteiger partial charge in [-0.2, -0.15) is 5.10 Å². The molecular weight excluding hydrogens is 406 g/mol. The largest absolute Gasteiger partial charge is 0.481 e. The predicted octanol–water partition coefficient (Wildman–Crippen LogP) is 3.80. The van der Waals surface area contributed by atoms with Crippen LogP contribution < -0.4 is 0 Å². The van der Waals surface area contributed by atoms with Gasteiger partial charge in [-0.25, -0.2) is 0 Å². The van der Waals surface area contributed by atoms with Crippen LogP contribution in [-0.2, 0) is 9.53 Å². The molecule has 7 heteroatoms. The molecule has 1 spiro atoms. The van der Waals surface area contributed by atoms with Crippen molar-refractivity contribution in [2.24, 2.45) is 11.3 Å². The summed E-state index contributed by atoms with van der Waals surface area (Å²) in [5.74, 6) is -0.254. The molecule has 1 aliphatic heterocycles. The Balaban J connectivity index is 1.22. The monoisotopic (exact) mass is 437 g/mol. The van der Waals surface area contributed by atoms with Crippen LogP contribution in [0.25, 0.3) is 0 Å². The number of likely N-dealkylation sites (tertiary alicyclic amines) is 1. The van der Waals surface area contributed by atoms with Crippen molar-refractivity contribution in [3.8, 4) is 0 Å². The van der Waals surface area contributed by atoms with E-state index in [-0.39, 0.29) is 23.8 Å². The summed E-state index contributed by atoms with van der Waals surface area (Å²) < 4.78 is 5.69. The summed E-state index contributed by atoms with van der Waals surface area (Å²) in [4.78, 5) is 26.0. The highest BCUT2D eigenvalue weighted by atomic mass is 16.5. The van der Waals surface area contributed by atoms with Crippen LogP contribution in [0.4, 0.5) is 0 Å². The van der Waals surface area contributed by atoms with Gasteiger partial charge in [-0.05, 0) is 67.1 Å². The molecule has 2 aromatic rings. The highest BCUT2D eigenvalue weighted by Gasteiger charge is 2.55. The number of rotatable bonds is 5. The first kappa shape index (κ1) is 21.2. The zero-order chi connectivity index (χ0) is 22.3. The fraction of sp³-hybridized carbons (Fsp3) is 0.560. The number of H-pyrrole nitrogens is 1. The molecule has 3 fully saturated rings. The number of aromatic nitrogens is 2. The van der Waals surface area contributed by atoms with Crippen molar-refractivity contribution >= 4 is 11.9 Å². The van der Waals surface area contributed by atoms with Crippen molar-refractivity contribution in [1.29, 1.82) is 0 Å². The molecule has 2 aliphatic carbocycles. The average Bonchev–Trinajstić information content (AvgIpc) is 3.24. The van der Waals surface area contributed by atoms with Crippen LogP contribution in [-0.4, -0.2) is 58.4 Å². The summed E-state index contributed by atoms with van der Waals surface area (Å²) >= 11 is 0. The molecule has 32 heavy (non-hydrogen) atoms. The minimum atomic E-state index is -0.696. The van der Waals surface area contributed by atoms with Crippen LogP contribution in [0.2, 0.25) is 0 Å². The number of ether oxygens (including phenoxy) is 1.